The van der Waals surface area contributed by atoms with E-state index in [2.05, 4.69) is 10.3 Å². The van der Waals surface area contributed by atoms with Crippen molar-refractivity contribution < 1.29 is 10.2 Å². The lowest BCUT2D eigenvalue weighted by Gasteiger charge is -2.23. The van der Waals surface area contributed by atoms with Gasteiger partial charge in [-0.05, 0) is 19.2 Å². The zero-order valence-electron chi connectivity index (χ0n) is 8.57. The van der Waals surface area contributed by atoms with E-state index in [4.69, 9.17) is 0 Å². The summed E-state index contributed by atoms with van der Waals surface area (Å²) in [6.45, 7) is 0.263. The number of fused-ring (bicyclic) bond motifs is 1. The summed E-state index contributed by atoms with van der Waals surface area (Å²) in [7, 11) is 1.68. The maximum Gasteiger partial charge on any atom is 0.305 e. The van der Waals surface area contributed by atoms with E-state index in [-0.39, 0.29) is 22.7 Å². The second-order valence-corrected chi connectivity index (χ2v) is 4.40. The number of benzene rings is 1. The Morgan fingerprint density at radius 1 is 1.56 bits per heavy atom. The molecule has 0 saturated carbocycles. The molecule has 16 heavy (non-hydrogen) atoms. The molecule has 0 aliphatic carbocycles. The number of aromatic amines is 1. The fourth-order valence-electron chi connectivity index (χ4n) is 1.58. The molecule has 2 rings (SSSR count). The van der Waals surface area contributed by atoms with E-state index in [0.29, 0.717) is 10.3 Å². The van der Waals surface area contributed by atoms with Gasteiger partial charge in [0.05, 0.1) is 10.2 Å². The third-order valence-corrected chi connectivity index (χ3v) is 3.24. The maximum atomic E-state index is 11.8. The summed E-state index contributed by atoms with van der Waals surface area (Å²) in [6.07, 6.45) is -0.973. The summed E-state index contributed by atoms with van der Waals surface area (Å²) in [6, 6.07) is 2.82. The van der Waals surface area contributed by atoms with Gasteiger partial charge in [0.25, 0.3) is 0 Å². The minimum absolute atomic E-state index is 0.240. The number of aromatic nitrogens is 1. The molecule has 6 heteroatoms. The molecule has 0 amide bonds. The molecule has 0 spiro atoms. The first-order chi connectivity index (χ1) is 7.63. The third kappa shape index (κ3) is 1.82. The SMILES string of the molecule is CNCC([O-])c1ccc([O-])c2[nH]c(=O)sc12. The summed E-state index contributed by atoms with van der Waals surface area (Å²) in [5.41, 5.74) is 0.733. The van der Waals surface area contributed by atoms with Crippen LogP contribution in [-0.2, 0) is 0 Å². The largest absolute Gasteiger partial charge is 0.871 e. The average molecular weight is 238 g/mol. The van der Waals surface area contributed by atoms with Crippen molar-refractivity contribution in [3.63, 3.8) is 0 Å². The first kappa shape index (κ1) is 11.1. The molecule has 1 aromatic carbocycles. The number of likely N-dealkylation sites (N-methyl/N-ethyl adjacent to an activating group) is 1. The Kier molecular flexibility index (Phi) is 2.95. The minimum atomic E-state index is -0.973. The van der Waals surface area contributed by atoms with Gasteiger partial charge in [-0.1, -0.05) is 35.3 Å². The Bertz CT molecular complexity index is 561. The molecule has 0 saturated heterocycles. The monoisotopic (exact) mass is 238 g/mol. The summed E-state index contributed by atoms with van der Waals surface area (Å²) < 4.78 is 0.479. The number of nitrogens with one attached hydrogen (secondary N) is 2. The summed E-state index contributed by atoms with van der Waals surface area (Å²) >= 11 is 0.908. The zero-order chi connectivity index (χ0) is 11.7. The molecule has 0 aliphatic rings. The van der Waals surface area contributed by atoms with Crippen LogP contribution >= 0.6 is 11.3 Å². The predicted octanol–water partition coefficient (Wildman–Crippen LogP) is -0.716. The highest BCUT2D eigenvalue weighted by atomic mass is 32.1. The molecule has 0 fully saturated rings. The minimum Gasteiger partial charge on any atom is -0.871 e. The van der Waals surface area contributed by atoms with Crippen LogP contribution in [0.25, 0.3) is 10.2 Å². The van der Waals surface area contributed by atoms with Gasteiger partial charge >= 0.3 is 4.87 Å². The van der Waals surface area contributed by atoms with E-state index >= 15 is 0 Å². The van der Waals surface area contributed by atoms with Crippen LogP contribution in [0.15, 0.2) is 16.9 Å². The molecule has 1 unspecified atom stereocenters. The van der Waals surface area contributed by atoms with E-state index < -0.39 is 6.10 Å². The van der Waals surface area contributed by atoms with Crippen molar-refractivity contribution in [2.45, 2.75) is 6.10 Å². The normalized spacial score (nSPS) is 13.1. The fourth-order valence-corrected chi connectivity index (χ4v) is 2.49. The Morgan fingerprint density at radius 2 is 2.31 bits per heavy atom. The number of thiazole rings is 1. The molecule has 2 aromatic rings. The van der Waals surface area contributed by atoms with Crippen LogP contribution in [0.2, 0.25) is 0 Å². The van der Waals surface area contributed by atoms with Gasteiger partial charge in [-0.25, -0.2) is 0 Å². The Morgan fingerprint density at radius 3 is 3.00 bits per heavy atom. The molecule has 1 heterocycles. The molecule has 0 bridgehead atoms. The number of rotatable bonds is 3. The topological polar surface area (TPSA) is 91.0 Å². The van der Waals surface area contributed by atoms with Gasteiger partial charge in [0, 0.05) is 0 Å². The van der Waals surface area contributed by atoms with Crippen LogP contribution in [0, 0.1) is 0 Å². The van der Waals surface area contributed by atoms with Gasteiger partial charge in [-0.15, -0.1) is 0 Å². The second kappa shape index (κ2) is 4.25. The summed E-state index contributed by atoms with van der Waals surface area (Å²) in [5, 5.41) is 26.0. The summed E-state index contributed by atoms with van der Waals surface area (Å²) in [4.78, 5) is 13.3. The third-order valence-electron chi connectivity index (χ3n) is 2.31. The van der Waals surface area contributed by atoms with Crippen LogP contribution in [0.3, 0.4) is 0 Å². The Labute approximate surface area is 95.4 Å². The van der Waals surface area contributed by atoms with Crippen molar-refractivity contribution in [2.75, 3.05) is 13.6 Å². The van der Waals surface area contributed by atoms with Gasteiger partial charge in [0.15, 0.2) is 0 Å². The fraction of sp³-hybridized carbons (Fsp3) is 0.300. The molecular weight excluding hydrogens is 228 g/mol. The van der Waals surface area contributed by atoms with Crippen LogP contribution in [0.5, 0.6) is 5.75 Å². The van der Waals surface area contributed by atoms with Crippen molar-refractivity contribution in [3.8, 4) is 5.75 Å². The lowest BCUT2D eigenvalue weighted by atomic mass is 10.1. The molecular formula is C10H10N2O3S-2. The first-order valence-electron chi connectivity index (χ1n) is 4.76. The van der Waals surface area contributed by atoms with E-state index in [1.54, 1.807) is 7.05 Å². The van der Waals surface area contributed by atoms with Gasteiger partial charge < -0.3 is 20.5 Å². The van der Waals surface area contributed by atoms with Gasteiger partial charge in [0.1, 0.15) is 0 Å². The van der Waals surface area contributed by atoms with E-state index in [1.807, 2.05) is 0 Å². The van der Waals surface area contributed by atoms with Gasteiger partial charge in [-0.2, -0.15) is 0 Å². The smallest absolute Gasteiger partial charge is 0.305 e. The highest BCUT2D eigenvalue weighted by molar-refractivity contribution is 7.16. The van der Waals surface area contributed by atoms with Crippen LogP contribution in [0.1, 0.15) is 11.7 Å². The molecule has 5 nitrogen and oxygen atoms in total. The average Bonchev–Trinajstić information content (AvgIpc) is 2.61. The van der Waals surface area contributed by atoms with Crippen molar-refractivity contribution >= 4 is 21.6 Å². The molecule has 86 valence electrons. The van der Waals surface area contributed by atoms with E-state index in [0.717, 1.165) is 11.3 Å². The van der Waals surface area contributed by atoms with Gasteiger partial charge in [0.2, 0.25) is 0 Å². The highest BCUT2D eigenvalue weighted by Gasteiger charge is 2.07. The molecule has 0 radical (unpaired) electrons. The van der Waals surface area contributed by atoms with E-state index in [1.165, 1.54) is 12.1 Å². The van der Waals surface area contributed by atoms with Crippen molar-refractivity contribution in [3.05, 3.63) is 27.4 Å². The zero-order valence-corrected chi connectivity index (χ0v) is 9.39. The number of hydrogen-bond donors (Lipinski definition) is 2. The molecule has 1 aromatic heterocycles. The Balaban J connectivity index is 2.62. The molecule has 2 N–H and O–H groups in total. The first-order valence-corrected chi connectivity index (χ1v) is 5.58. The predicted molar refractivity (Wildman–Crippen MR) is 58.6 cm³/mol. The van der Waals surface area contributed by atoms with Crippen molar-refractivity contribution in [1.29, 1.82) is 0 Å². The maximum absolute atomic E-state index is 11.8. The quantitative estimate of drug-likeness (QED) is 0.738. The van der Waals surface area contributed by atoms with Crippen molar-refractivity contribution in [2.24, 2.45) is 0 Å². The second-order valence-electron chi connectivity index (χ2n) is 3.42. The van der Waals surface area contributed by atoms with Crippen molar-refractivity contribution in [1.82, 2.24) is 10.3 Å². The van der Waals surface area contributed by atoms with E-state index in [9.17, 15) is 15.0 Å². The van der Waals surface area contributed by atoms with Crippen LogP contribution in [-0.4, -0.2) is 18.6 Å². The lowest BCUT2D eigenvalue weighted by molar-refractivity contribution is -0.423. The standard InChI is InChI=1S/C10H11N2O3S/c1-11-4-7(14)5-2-3-6(13)8-9(5)16-10(15)12-8/h2-3,7,11,13H,4H2,1H3,(H,12,15)/q-1/p-1. The Hall–Kier alpha value is -1.37. The number of hydrogen-bond acceptors (Lipinski definition) is 5. The molecule has 1 atom stereocenters. The van der Waals surface area contributed by atoms with Crippen LogP contribution in [0.4, 0.5) is 0 Å². The molecule has 0 aliphatic heterocycles. The van der Waals surface area contributed by atoms with Gasteiger partial charge in [-0.3, -0.25) is 4.79 Å². The highest BCUT2D eigenvalue weighted by Crippen LogP contribution is 2.28. The number of H-pyrrole nitrogens is 1. The van der Waals surface area contributed by atoms with Crippen LogP contribution < -0.4 is 20.4 Å². The summed E-state index contributed by atoms with van der Waals surface area (Å²) in [5.74, 6) is -0.256. The lowest BCUT2D eigenvalue weighted by Crippen LogP contribution is -2.27.